The number of aromatic nitrogens is 1. The Hall–Kier alpha value is -0.600. The Morgan fingerprint density at radius 2 is 2.25 bits per heavy atom. The summed E-state index contributed by atoms with van der Waals surface area (Å²) in [5.74, 6) is 0.748. The van der Waals surface area contributed by atoms with Crippen LogP contribution in [0.5, 0.6) is 0 Å². The molecule has 0 amide bonds. The van der Waals surface area contributed by atoms with E-state index in [1.165, 1.54) is 18.4 Å². The lowest BCUT2D eigenvalue weighted by molar-refractivity contribution is 0.410. The summed E-state index contributed by atoms with van der Waals surface area (Å²) in [4.78, 5) is 4.00. The number of hydrogen-bond donors (Lipinski definition) is 1. The number of hydrogen-bond acceptors (Lipinski definition) is 2. The zero-order valence-electron chi connectivity index (χ0n) is 10.3. The van der Waals surface area contributed by atoms with E-state index in [1.807, 2.05) is 13.1 Å². The number of rotatable bonds is 6. The highest BCUT2D eigenvalue weighted by Gasteiger charge is 2.12. The second-order valence-electron chi connectivity index (χ2n) is 4.41. The van der Waals surface area contributed by atoms with Crippen LogP contribution in [0.25, 0.3) is 0 Å². The summed E-state index contributed by atoms with van der Waals surface area (Å²) >= 11 is 6.11. The van der Waals surface area contributed by atoms with Gasteiger partial charge in [-0.15, -0.1) is 0 Å². The molecule has 1 rings (SSSR count). The van der Waals surface area contributed by atoms with E-state index >= 15 is 0 Å². The maximum Gasteiger partial charge on any atom is 0.0621 e. The molecule has 0 aromatic carbocycles. The summed E-state index contributed by atoms with van der Waals surface area (Å²) in [6.45, 7) is 4.52. The van der Waals surface area contributed by atoms with Crippen molar-refractivity contribution in [3.8, 4) is 0 Å². The van der Waals surface area contributed by atoms with Crippen LogP contribution in [0.1, 0.15) is 32.3 Å². The fraction of sp³-hybridized carbons (Fsp3) is 0.615. The molecule has 90 valence electrons. The van der Waals surface area contributed by atoms with Gasteiger partial charge in [0.2, 0.25) is 0 Å². The lowest BCUT2D eigenvalue weighted by atomic mass is 9.95. The Bertz CT molecular complexity index is 315. The Kier molecular flexibility index (Phi) is 5.78. The molecule has 1 aromatic rings. The first-order valence-corrected chi connectivity index (χ1v) is 6.30. The van der Waals surface area contributed by atoms with E-state index < -0.39 is 0 Å². The van der Waals surface area contributed by atoms with E-state index in [4.69, 9.17) is 11.6 Å². The average Bonchev–Trinajstić information content (AvgIpc) is 2.30. The quantitative estimate of drug-likeness (QED) is 0.825. The van der Waals surface area contributed by atoms with Crippen LogP contribution in [0.15, 0.2) is 18.5 Å². The molecule has 1 N–H and O–H groups in total. The topological polar surface area (TPSA) is 24.9 Å². The monoisotopic (exact) mass is 240 g/mol. The predicted molar refractivity (Wildman–Crippen MR) is 69.9 cm³/mol. The van der Waals surface area contributed by atoms with Crippen molar-refractivity contribution < 1.29 is 0 Å². The van der Waals surface area contributed by atoms with Gasteiger partial charge in [-0.3, -0.25) is 4.98 Å². The van der Waals surface area contributed by atoms with Crippen LogP contribution < -0.4 is 5.32 Å². The van der Waals surface area contributed by atoms with Crippen LogP contribution in [0.2, 0.25) is 5.02 Å². The molecule has 2 atom stereocenters. The Morgan fingerprint density at radius 1 is 1.50 bits per heavy atom. The Morgan fingerprint density at radius 3 is 2.81 bits per heavy atom. The van der Waals surface area contributed by atoms with Gasteiger partial charge in [0.15, 0.2) is 0 Å². The number of likely N-dealkylation sites (N-methyl/N-ethyl adjacent to an activating group) is 1. The molecule has 0 saturated carbocycles. The maximum atomic E-state index is 6.11. The third-order valence-electron chi connectivity index (χ3n) is 3.11. The lowest BCUT2D eigenvalue weighted by Crippen LogP contribution is -2.29. The molecular weight excluding hydrogens is 220 g/mol. The van der Waals surface area contributed by atoms with Crippen molar-refractivity contribution in [1.82, 2.24) is 10.3 Å². The highest BCUT2D eigenvalue weighted by atomic mass is 35.5. The number of nitrogens with one attached hydrogen (secondary N) is 1. The van der Waals surface area contributed by atoms with Crippen molar-refractivity contribution in [2.75, 3.05) is 7.05 Å². The maximum absolute atomic E-state index is 6.11. The molecule has 0 aliphatic carbocycles. The smallest absolute Gasteiger partial charge is 0.0621 e. The summed E-state index contributed by atoms with van der Waals surface area (Å²) in [5.41, 5.74) is 1.18. The zero-order chi connectivity index (χ0) is 12.0. The van der Waals surface area contributed by atoms with Gasteiger partial charge in [-0.05, 0) is 37.4 Å². The van der Waals surface area contributed by atoms with E-state index in [1.54, 1.807) is 12.4 Å². The summed E-state index contributed by atoms with van der Waals surface area (Å²) in [6.07, 6.45) is 6.90. The molecular formula is C13H21ClN2. The molecule has 0 saturated heterocycles. The van der Waals surface area contributed by atoms with E-state index in [9.17, 15) is 0 Å². The van der Waals surface area contributed by atoms with Gasteiger partial charge in [-0.25, -0.2) is 0 Å². The van der Waals surface area contributed by atoms with Crippen LogP contribution in [0.3, 0.4) is 0 Å². The van der Waals surface area contributed by atoms with Crippen molar-refractivity contribution in [2.45, 2.75) is 39.2 Å². The second-order valence-corrected chi connectivity index (χ2v) is 4.81. The molecule has 0 radical (unpaired) electrons. The Labute approximate surface area is 103 Å². The minimum absolute atomic E-state index is 0.495. The van der Waals surface area contributed by atoms with Gasteiger partial charge in [0.1, 0.15) is 0 Å². The van der Waals surface area contributed by atoms with Gasteiger partial charge < -0.3 is 5.32 Å². The molecule has 1 heterocycles. The SMILES string of the molecule is CCC(C)CC(Cc1ccncc1Cl)NC. The molecule has 0 aliphatic heterocycles. The van der Waals surface area contributed by atoms with Gasteiger partial charge in [0, 0.05) is 18.4 Å². The summed E-state index contributed by atoms with van der Waals surface area (Å²) < 4.78 is 0. The molecule has 0 fully saturated rings. The normalized spacial score (nSPS) is 14.8. The highest BCUT2D eigenvalue weighted by molar-refractivity contribution is 6.31. The zero-order valence-corrected chi connectivity index (χ0v) is 11.1. The van der Waals surface area contributed by atoms with Crippen LogP contribution in [-0.2, 0) is 6.42 Å². The third-order valence-corrected chi connectivity index (χ3v) is 3.46. The molecule has 2 unspecified atom stereocenters. The molecule has 3 heteroatoms. The van der Waals surface area contributed by atoms with Gasteiger partial charge in [0.05, 0.1) is 5.02 Å². The molecule has 2 nitrogen and oxygen atoms in total. The Balaban J connectivity index is 2.60. The van der Waals surface area contributed by atoms with E-state index in [0.717, 1.165) is 17.4 Å². The predicted octanol–water partition coefficient (Wildman–Crippen LogP) is 3.30. The standard InChI is InChI=1S/C13H21ClN2/c1-4-10(2)7-12(15-3)8-11-5-6-16-9-13(11)14/h5-6,9-10,12,15H,4,7-8H2,1-3H3. The summed E-state index contributed by atoms with van der Waals surface area (Å²) in [6, 6.07) is 2.50. The lowest BCUT2D eigenvalue weighted by Gasteiger charge is -2.20. The molecule has 0 spiro atoms. The first kappa shape index (κ1) is 13.5. The van der Waals surface area contributed by atoms with E-state index in [-0.39, 0.29) is 0 Å². The van der Waals surface area contributed by atoms with E-state index in [0.29, 0.717) is 6.04 Å². The minimum Gasteiger partial charge on any atom is -0.317 e. The van der Waals surface area contributed by atoms with Gasteiger partial charge in [0.25, 0.3) is 0 Å². The van der Waals surface area contributed by atoms with Crippen LogP contribution in [0, 0.1) is 5.92 Å². The molecule has 1 aromatic heterocycles. The van der Waals surface area contributed by atoms with Gasteiger partial charge in [-0.2, -0.15) is 0 Å². The number of halogens is 1. The average molecular weight is 241 g/mol. The van der Waals surface area contributed by atoms with Crippen molar-refractivity contribution in [3.63, 3.8) is 0 Å². The minimum atomic E-state index is 0.495. The van der Waals surface area contributed by atoms with Crippen molar-refractivity contribution in [1.29, 1.82) is 0 Å². The van der Waals surface area contributed by atoms with Crippen LogP contribution in [0.4, 0.5) is 0 Å². The third kappa shape index (κ3) is 4.11. The second kappa shape index (κ2) is 6.87. The summed E-state index contributed by atoms with van der Waals surface area (Å²) in [5, 5.41) is 4.13. The van der Waals surface area contributed by atoms with Crippen molar-refractivity contribution in [2.24, 2.45) is 5.92 Å². The first-order chi connectivity index (χ1) is 7.67. The largest absolute Gasteiger partial charge is 0.317 e. The van der Waals surface area contributed by atoms with Gasteiger partial charge >= 0.3 is 0 Å². The molecule has 16 heavy (non-hydrogen) atoms. The van der Waals surface area contributed by atoms with E-state index in [2.05, 4.69) is 24.1 Å². The van der Waals surface area contributed by atoms with Crippen LogP contribution in [-0.4, -0.2) is 18.1 Å². The molecule has 0 aliphatic rings. The van der Waals surface area contributed by atoms with Crippen molar-refractivity contribution in [3.05, 3.63) is 29.0 Å². The fourth-order valence-electron chi connectivity index (χ4n) is 1.79. The summed E-state index contributed by atoms with van der Waals surface area (Å²) in [7, 11) is 2.02. The number of pyridine rings is 1. The van der Waals surface area contributed by atoms with Gasteiger partial charge in [-0.1, -0.05) is 31.9 Å². The number of nitrogens with zero attached hydrogens (tertiary/aromatic N) is 1. The van der Waals surface area contributed by atoms with Crippen LogP contribution >= 0.6 is 11.6 Å². The fourth-order valence-corrected chi connectivity index (χ4v) is 1.99. The highest BCUT2D eigenvalue weighted by Crippen LogP contribution is 2.18. The molecule has 0 bridgehead atoms. The first-order valence-electron chi connectivity index (χ1n) is 5.93. The van der Waals surface area contributed by atoms with Crippen molar-refractivity contribution >= 4 is 11.6 Å².